The summed E-state index contributed by atoms with van der Waals surface area (Å²) >= 11 is 0. The van der Waals surface area contributed by atoms with Crippen LogP contribution in [-0.2, 0) is 0 Å². The van der Waals surface area contributed by atoms with E-state index in [2.05, 4.69) is 156 Å². The van der Waals surface area contributed by atoms with Crippen molar-refractivity contribution < 1.29 is 0 Å². The highest BCUT2D eigenvalue weighted by atomic mass is 14.9. The fourth-order valence-electron chi connectivity index (χ4n) is 6.78. The maximum absolute atomic E-state index is 5.27. The van der Waals surface area contributed by atoms with Crippen molar-refractivity contribution in [2.24, 2.45) is 0 Å². The van der Waals surface area contributed by atoms with Gasteiger partial charge in [0, 0.05) is 52.4 Å². The molecule has 9 aromatic rings. The molecule has 52 heavy (non-hydrogen) atoms. The van der Waals surface area contributed by atoms with E-state index >= 15 is 0 Å². The van der Waals surface area contributed by atoms with Gasteiger partial charge in [0.25, 0.3) is 0 Å². The normalized spacial score (nSPS) is 11.1. The molecule has 244 valence electrons. The Morgan fingerprint density at radius 2 is 0.750 bits per heavy atom. The van der Waals surface area contributed by atoms with Crippen molar-refractivity contribution in [3.8, 4) is 78.3 Å². The topological polar surface area (TPSA) is 51.6 Å². The number of nitrogens with zero attached hydrogens (tertiary/aromatic N) is 4. The van der Waals surface area contributed by atoms with Crippen molar-refractivity contribution in [2.45, 2.75) is 0 Å². The summed E-state index contributed by atoms with van der Waals surface area (Å²) in [4.78, 5) is 19.3. The molecule has 0 aliphatic rings. The second-order valence-electron chi connectivity index (χ2n) is 12.8. The average molecular weight is 665 g/mol. The van der Waals surface area contributed by atoms with Crippen LogP contribution >= 0.6 is 0 Å². The molecule has 3 heterocycles. The summed E-state index contributed by atoms with van der Waals surface area (Å²) in [5.41, 5.74) is 14.9. The Balaban J connectivity index is 1.17. The van der Waals surface area contributed by atoms with Crippen LogP contribution in [-0.4, -0.2) is 19.9 Å². The smallest absolute Gasteiger partial charge is 0.160 e. The summed E-state index contributed by atoms with van der Waals surface area (Å²) in [7, 11) is 0. The van der Waals surface area contributed by atoms with E-state index in [1.807, 2.05) is 36.7 Å². The number of rotatable bonds is 7. The van der Waals surface area contributed by atoms with E-state index in [1.54, 1.807) is 12.4 Å². The molecule has 0 bridgehead atoms. The first-order chi connectivity index (χ1) is 25.7. The Morgan fingerprint density at radius 3 is 1.40 bits per heavy atom. The van der Waals surface area contributed by atoms with Crippen LogP contribution in [0.15, 0.2) is 195 Å². The van der Waals surface area contributed by atoms with Crippen LogP contribution in [0.3, 0.4) is 0 Å². The third-order valence-electron chi connectivity index (χ3n) is 9.45. The van der Waals surface area contributed by atoms with Gasteiger partial charge in [0.15, 0.2) is 5.82 Å². The van der Waals surface area contributed by atoms with Crippen LogP contribution in [0.5, 0.6) is 0 Å². The minimum Gasteiger partial charge on any atom is -0.264 e. The zero-order valence-electron chi connectivity index (χ0n) is 28.3. The summed E-state index contributed by atoms with van der Waals surface area (Å²) in [5.74, 6) is 0.674. The molecular weight excluding hydrogens is 633 g/mol. The van der Waals surface area contributed by atoms with Crippen molar-refractivity contribution >= 4 is 10.9 Å². The molecule has 0 N–H and O–H groups in total. The van der Waals surface area contributed by atoms with Crippen LogP contribution in [0.1, 0.15) is 0 Å². The third kappa shape index (κ3) is 6.26. The zero-order chi connectivity index (χ0) is 34.7. The van der Waals surface area contributed by atoms with Crippen LogP contribution in [0.2, 0.25) is 0 Å². The first kappa shape index (κ1) is 31.0. The molecule has 0 aliphatic carbocycles. The van der Waals surface area contributed by atoms with Gasteiger partial charge in [-0.2, -0.15) is 0 Å². The number of aromatic nitrogens is 4. The lowest BCUT2D eigenvalue weighted by Crippen LogP contribution is -1.97. The van der Waals surface area contributed by atoms with E-state index in [9.17, 15) is 0 Å². The first-order valence-electron chi connectivity index (χ1n) is 17.3. The van der Waals surface area contributed by atoms with Gasteiger partial charge in [0.2, 0.25) is 0 Å². The fraction of sp³-hybridized carbons (Fsp3) is 0. The van der Waals surface area contributed by atoms with Crippen molar-refractivity contribution in [3.63, 3.8) is 0 Å². The predicted octanol–water partition coefficient (Wildman–Crippen LogP) is 12.1. The summed E-state index contributed by atoms with van der Waals surface area (Å²) in [6, 6.07) is 59.4. The molecule has 0 saturated heterocycles. The molecule has 0 saturated carbocycles. The van der Waals surface area contributed by atoms with Crippen molar-refractivity contribution in [1.82, 2.24) is 19.9 Å². The summed E-state index contributed by atoms with van der Waals surface area (Å²) in [6.45, 7) is 0. The van der Waals surface area contributed by atoms with E-state index in [4.69, 9.17) is 9.97 Å². The first-order valence-corrected chi connectivity index (χ1v) is 17.3. The summed E-state index contributed by atoms with van der Waals surface area (Å²) < 4.78 is 0. The standard InChI is InChI=1S/C48H32N4/c1-3-10-33(11-4-1)39-22-23-45-46(30-39)51-48(52-47(45)36-12-5-2-6-13-36)44-28-42(27-43(29-44)41-17-9-25-50-32-41)35-20-18-34(19-21-35)37-14-7-15-38(26-37)40-16-8-24-49-31-40/h1-32H. The molecule has 0 spiro atoms. The van der Waals surface area contributed by atoms with Crippen LogP contribution in [0.25, 0.3) is 89.2 Å². The Labute approximate surface area is 302 Å². The minimum absolute atomic E-state index is 0.674. The molecule has 0 unspecified atom stereocenters. The molecule has 6 aromatic carbocycles. The van der Waals surface area contributed by atoms with Gasteiger partial charge in [-0.3, -0.25) is 9.97 Å². The number of fused-ring (bicyclic) bond motifs is 1. The Kier molecular flexibility index (Phi) is 8.16. The maximum Gasteiger partial charge on any atom is 0.160 e. The molecule has 0 radical (unpaired) electrons. The minimum atomic E-state index is 0.674. The van der Waals surface area contributed by atoms with Gasteiger partial charge >= 0.3 is 0 Å². The molecule has 0 fully saturated rings. The van der Waals surface area contributed by atoms with Crippen LogP contribution < -0.4 is 0 Å². The lowest BCUT2D eigenvalue weighted by molar-refractivity contribution is 1.23. The monoisotopic (exact) mass is 664 g/mol. The predicted molar refractivity (Wildman–Crippen MR) is 213 cm³/mol. The zero-order valence-corrected chi connectivity index (χ0v) is 28.3. The van der Waals surface area contributed by atoms with Gasteiger partial charge in [-0.25, -0.2) is 9.97 Å². The van der Waals surface area contributed by atoms with Crippen molar-refractivity contribution in [2.75, 3.05) is 0 Å². The molecule has 0 atom stereocenters. The highest BCUT2D eigenvalue weighted by Crippen LogP contribution is 2.36. The highest BCUT2D eigenvalue weighted by molar-refractivity contribution is 5.96. The lowest BCUT2D eigenvalue weighted by atomic mass is 9.94. The van der Waals surface area contributed by atoms with E-state index in [1.165, 1.54) is 0 Å². The molecule has 0 aliphatic heterocycles. The second-order valence-corrected chi connectivity index (χ2v) is 12.8. The molecular formula is C48H32N4. The number of benzene rings is 6. The second kappa shape index (κ2) is 13.7. The Morgan fingerprint density at radius 1 is 0.288 bits per heavy atom. The Hall–Kier alpha value is -7.04. The van der Waals surface area contributed by atoms with E-state index in [0.29, 0.717) is 5.82 Å². The number of hydrogen-bond donors (Lipinski definition) is 0. The average Bonchev–Trinajstić information content (AvgIpc) is 3.24. The van der Waals surface area contributed by atoms with Gasteiger partial charge in [0.1, 0.15) is 0 Å². The van der Waals surface area contributed by atoms with Crippen molar-refractivity contribution in [1.29, 1.82) is 0 Å². The van der Waals surface area contributed by atoms with Gasteiger partial charge < -0.3 is 0 Å². The molecule has 3 aromatic heterocycles. The lowest BCUT2D eigenvalue weighted by Gasteiger charge is -2.14. The highest BCUT2D eigenvalue weighted by Gasteiger charge is 2.15. The Bertz CT molecular complexity index is 2640. The summed E-state index contributed by atoms with van der Waals surface area (Å²) in [5, 5.41) is 1.02. The van der Waals surface area contributed by atoms with Crippen molar-refractivity contribution in [3.05, 3.63) is 195 Å². The molecule has 0 amide bonds. The van der Waals surface area contributed by atoms with Gasteiger partial charge in [0.05, 0.1) is 11.2 Å². The molecule has 9 rings (SSSR count). The number of pyridine rings is 2. The quantitative estimate of drug-likeness (QED) is 0.170. The van der Waals surface area contributed by atoms with Crippen LogP contribution in [0, 0.1) is 0 Å². The fourth-order valence-corrected chi connectivity index (χ4v) is 6.78. The van der Waals surface area contributed by atoms with Gasteiger partial charge in [-0.15, -0.1) is 0 Å². The van der Waals surface area contributed by atoms with E-state index in [0.717, 1.165) is 83.4 Å². The van der Waals surface area contributed by atoms with E-state index in [-0.39, 0.29) is 0 Å². The van der Waals surface area contributed by atoms with Crippen LogP contribution in [0.4, 0.5) is 0 Å². The third-order valence-corrected chi connectivity index (χ3v) is 9.45. The molecule has 4 nitrogen and oxygen atoms in total. The SMILES string of the molecule is c1ccc(-c2ccc3c(-c4ccccc4)nc(-c4cc(-c5ccc(-c6cccc(-c7cccnc7)c6)cc5)cc(-c5cccnc5)c4)nc3c2)cc1. The number of hydrogen-bond acceptors (Lipinski definition) is 4. The van der Waals surface area contributed by atoms with E-state index < -0.39 is 0 Å². The maximum atomic E-state index is 5.27. The largest absolute Gasteiger partial charge is 0.264 e. The molecule has 4 heteroatoms. The van der Waals surface area contributed by atoms with Gasteiger partial charge in [-0.1, -0.05) is 121 Å². The van der Waals surface area contributed by atoms with Gasteiger partial charge in [-0.05, 0) is 93.0 Å². The summed E-state index contributed by atoms with van der Waals surface area (Å²) in [6.07, 6.45) is 7.42.